The van der Waals surface area contributed by atoms with E-state index in [2.05, 4.69) is 5.32 Å². The largest absolute Gasteiger partial charge is 0.329 e. The maximum atomic E-state index is 5.29. The summed E-state index contributed by atoms with van der Waals surface area (Å²) < 4.78 is 0. The van der Waals surface area contributed by atoms with E-state index in [1.807, 2.05) is 0 Å². The van der Waals surface area contributed by atoms with Crippen LogP contribution in [0.5, 0.6) is 0 Å². The van der Waals surface area contributed by atoms with Gasteiger partial charge in [-0.3, -0.25) is 0 Å². The first-order chi connectivity index (χ1) is 3.93. The molecule has 0 spiro atoms. The van der Waals surface area contributed by atoms with E-state index in [9.17, 15) is 0 Å². The van der Waals surface area contributed by atoms with E-state index in [-0.39, 0.29) is 0 Å². The second kappa shape index (κ2) is 3.05. The molecule has 0 bridgehead atoms. The van der Waals surface area contributed by atoms with Gasteiger partial charge in [-0.2, -0.15) is 0 Å². The molecule has 0 unspecified atom stereocenters. The van der Waals surface area contributed by atoms with E-state index in [1.165, 1.54) is 19.3 Å². The second-order valence-corrected chi connectivity index (χ2v) is 2.37. The lowest BCUT2D eigenvalue weighted by atomic mass is 9.93. The zero-order valence-electron chi connectivity index (χ0n) is 5.19. The van der Waals surface area contributed by atoms with Crippen molar-refractivity contribution in [3.63, 3.8) is 0 Å². The molecular formula is C6H14N2. The maximum Gasteiger partial charge on any atom is 0.00770 e. The van der Waals surface area contributed by atoms with E-state index in [1.54, 1.807) is 0 Å². The van der Waals surface area contributed by atoms with Crippen molar-refractivity contribution in [2.45, 2.75) is 25.3 Å². The fourth-order valence-corrected chi connectivity index (χ4v) is 0.900. The number of hydrogen-bond acceptors (Lipinski definition) is 2. The molecule has 1 aliphatic carbocycles. The Kier molecular flexibility index (Phi) is 2.30. The maximum absolute atomic E-state index is 5.29. The third kappa shape index (κ3) is 1.46. The van der Waals surface area contributed by atoms with Crippen LogP contribution in [-0.2, 0) is 0 Å². The van der Waals surface area contributed by atoms with Gasteiger partial charge in [-0.05, 0) is 12.8 Å². The predicted molar refractivity (Wildman–Crippen MR) is 34.7 cm³/mol. The summed E-state index contributed by atoms with van der Waals surface area (Å²) in [5.74, 6) is 0. The average Bonchev–Trinajstić information content (AvgIpc) is 1.63. The molecule has 8 heavy (non-hydrogen) atoms. The van der Waals surface area contributed by atoms with Gasteiger partial charge in [-0.1, -0.05) is 6.42 Å². The first-order valence-electron chi connectivity index (χ1n) is 3.37. The molecule has 0 aromatic heterocycles. The molecule has 0 radical (unpaired) electrons. The lowest BCUT2D eigenvalue weighted by Crippen LogP contribution is -2.37. The molecule has 0 amide bonds. The molecule has 48 valence electrons. The standard InChI is InChI=1S/C6H14N2/c7-4-5-8-6-2-1-3-6/h6,8H,1-5,7H2. The number of nitrogens with one attached hydrogen (secondary N) is 1. The van der Waals surface area contributed by atoms with Gasteiger partial charge in [0.2, 0.25) is 0 Å². The highest BCUT2D eigenvalue weighted by molar-refractivity contribution is 4.75. The Morgan fingerprint density at radius 3 is 2.62 bits per heavy atom. The normalized spacial score (nSPS) is 20.6. The molecule has 0 aromatic carbocycles. The van der Waals surface area contributed by atoms with Crippen LogP contribution < -0.4 is 11.1 Å². The van der Waals surface area contributed by atoms with Gasteiger partial charge < -0.3 is 11.1 Å². The fourth-order valence-electron chi connectivity index (χ4n) is 0.900. The minimum atomic E-state index is 0.774. The molecular weight excluding hydrogens is 100 g/mol. The van der Waals surface area contributed by atoms with Crippen LogP contribution in [0, 0.1) is 0 Å². The van der Waals surface area contributed by atoms with Crippen LogP contribution in [0.3, 0.4) is 0 Å². The van der Waals surface area contributed by atoms with Gasteiger partial charge in [0.05, 0.1) is 0 Å². The smallest absolute Gasteiger partial charge is 0.00770 e. The van der Waals surface area contributed by atoms with Crippen LogP contribution in [-0.4, -0.2) is 19.1 Å². The zero-order chi connectivity index (χ0) is 5.82. The lowest BCUT2D eigenvalue weighted by molar-refractivity contribution is 0.343. The van der Waals surface area contributed by atoms with Crippen LogP contribution in [0.15, 0.2) is 0 Å². The number of hydrogen-bond donors (Lipinski definition) is 2. The fraction of sp³-hybridized carbons (Fsp3) is 1.00. The summed E-state index contributed by atoms with van der Waals surface area (Å²) in [6.07, 6.45) is 4.13. The Morgan fingerprint density at radius 2 is 2.25 bits per heavy atom. The van der Waals surface area contributed by atoms with E-state index in [4.69, 9.17) is 5.73 Å². The first-order valence-corrected chi connectivity index (χ1v) is 3.37. The Labute approximate surface area is 50.4 Å². The van der Waals surface area contributed by atoms with Crippen molar-refractivity contribution >= 4 is 0 Å². The molecule has 1 rings (SSSR count). The van der Waals surface area contributed by atoms with Gasteiger partial charge >= 0.3 is 0 Å². The van der Waals surface area contributed by atoms with E-state index in [0.717, 1.165) is 19.1 Å². The molecule has 0 aliphatic heterocycles. The van der Waals surface area contributed by atoms with Gasteiger partial charge in [-0.25, -0.2) is 0 Å². The van der Waals surface area contributed by atoms with Gasteiger partial charge in [-0.15, -0.1) is 0 Å². The molecule has 0 atom stereocenters. The van der Waals surface area contributed by atoms with Gasteiger partial charge in [0, 0.05) is 19.1 Å². The summed E-state index contributed by atoms with van der Waals surface area (Å²) in [4.78, 5) is 0. The number of nitrogens with two attached hydrogens (primary N) is 1. The van der Waals surface area contributed by atoms with Crippen molar-refractivity contribution in [2.75, 3.05) is 13.1 Å². The molecule has 0 aromatic rings. The third-order valence-electron chi connectivity index (χ3n) is 1.68. The highest BCUT2D eigenvalue weighted by Gasteiger charge is 2.14. The lowest BCUT2D eigenvalue weighted by Gasteiger charge is -2.26. The summed E-state index contributed by atoms with van der Waals surface area (Å²) in [6.45, 7) is 1.77. The molecule has 0 heterocycles. The van der Waals surface area contributed by atoms with Crippen LogP contribution in [0.1, 0.15) is 19.3 Å². The molecule has 1 aliphatic rings. The quantitative estimate of drug-likeness (QED) is 0.545. The first kappa shape index (κ1) is 6.05. The monoisotopic (exact) mass is 114 g/mol. The Morgan fingerprint density at radius 1 is 1.50 bits per heavy atom. The van der Waals surface area contributed by atoms with Crippen molar-refractivity contribution in [1.82, 2.24) is 5.32 Å². The minimum Gasteiger partial charge on any atom is -0.329 e. The summed E-state index contributed by atoms with van der Waals surface area (Å²) >= 11 is 0. The minimum absolute atomic E-state index is 0.774. The van der Waals surface area contributed by atoms with Crippen molar-refractivity contribution in [3.05, 3.63) is 0 Å². The third-order valence-corrected chi connectivity index (χ3v) is 1.68. The van der Waals surface area contributed by atoms with Gasteiger partial charge in [0.25, 0.3) is 0 Å². The molecule has 2 heteroatoms. The molecule has 1 fully saturated rings. The van der Waals surface area contributed by atoms with Crippen molar-refractivity contribution < 1.29 is 0 Å². The SMILES string of the molecule is NCCNC1CCC1. The molecule has 0 saturated heterocycles. The van der Waals surface area contributed by atoms with Crippen LogP contribution in [0.25, 0.3) is 0 Å². The van der Waals surface area contributed by atoms with Crippen LogP contribution in [0.2, 0.25) is 0 Å². The topological polar surface area (TPSA) is 38.0 Å². The summed E-state index contributed by atoms with van der Waals surface area (Å²) in [5, 5.41) is 3.34. The van der Waals surface area contributed by atoms with Crippen molar-refractivity contribution in [3.8, 4) is 0 Å². The average molecular weight is 114 g/mol. The highest BCUT2D eigenvalue weighted by Crippen LogP contribution is 2.17. The molecule has 2 nitrogen and oxygen atoms in total. The Bertz CT molecular complexity index is 59.5. The van der Waals surface area contributed by atoms with Crippen molar-refractivity contribution in [1.29, 1.82) is 0 Å². The van der Waals surface area contributed by atoms with Crippen molar-refractivity contribution in [2.24, 2.45) is 5.73 Å². The zero-order valence-corrected chi connectivity index (χ0v) is 5.19. The van der Waals surface area contributed by atoms with E-state index >= 15 is 0 Å². The molecule has 1 saturated carbocycles. The molecule has 3 N–H and O–H groups in total. The predicted octanol–water partition coefficient (Wildman–Crippen LogP) is 0.0872. The number of rotatable bonds is 3. The van der Waals surface area contributed by atoms with Crippen LogP contribution >= 0.6 is 0 Å². The summed E-state index contributed by atoms with van der Waals surface area (Å²) in [5.41, 5.74) is 5.29. The van der Waals surface area contributed by atoms with Gasteiger partial charge in [0.15, 0.2) is 0 Å². The van der Waals surface area contributed by atoms with Crippen LogP contribution in [0.4, 0.5) is 0 Å². The van der Waals surface area contributed by atoms with Gasteiger partial charge in [0.1, 0.15) is 0 Å². The van der Waals surface area contributed by atoms with E-state index < -0.39 is 0 Å². The summed E-state index contributed by atoms with van der Waals surface area (Å²) in [7, 11) is 0. The Balaban J connectivity index is 1.86. The van der Waals surface area contributed by atoms with E-state index in [0.29, 0.717) is 0 Å². The highest BCUT2D eigenvalue weighted by atomic mass is 14.9. The second-order valence-electron chi connectivity index (χ2n) is 2.37. The summed E-state index contributed by atoms with van der Waals surface area (Å²) in [6, 6.07) is 0.804. The Hall–Kier alpha value is -0.0800.